The van der Waals surface area contributed by atoms with Crippen molar-refractivity contribution in [2.75, 3.05) is 36.0 Å². The van der Waals surface area contributed by atoms with Gasteiger partial charge in [0.2, 0.25) is 5.95 Å². The molecule has 0 radical (unpaired) electrons. The second-order valence-electron chi connectivity index (χ2n) is 7.83. The molecule has 1 atom stereocenters. The van der Waals surface area contributed by atoms with E-state index in [1.807, 2.05) is 24.3 Å². The highest BCUT2D eigenvalue weighted by atomic mass is 16.3. The third-order valence-corrected chi connectivity index (χ3v) is 5.70. The zero-order chi connectivity index (χ0) is 18.7. The lowest BCUT2D eigenvalue weighted by Gasteiger charge is -2.38. The Hall–Kier alpha value is -2.18. The van der Waals surface area contributed by atoms with E-state index < -0.39 is 5.60 Å². The lowest BCUT2D eigenvalue weighted by atomic mass is 9.85. The number of nitrogens with zero attached hydrogens (tertiary/aromatic N) is 4. The summed E-state index contributed by atoms with van der Waals surface area (Å²) in [6.45, 7) is 3.04. The first-order chi connectivity index (χ1) is 13.1. The molecule has 0 bridgehead atoms. The van der Waals surface area contributed by atoms with E-state index in [1.54, 1.807) is 6.20 Å². The van der Waals surface area contributed by atoms with Gasteiger partial charge < -0.3 is 20.0 Å². The predicted octanol–water partition coefficient (Wildman–Crippen LogP) is 2.01. The molecular formula is C21H28N4O2. The van der Waals surface area contributed by atoms with Crippen molar-refractivity contribution in [3.63, 3.8) is 0 Å². The van der Waals surface area contributed by atoms with Gasteiger partial charge in [-0.3, -0.25) is 0 Å². The Bertz CT molecular complexity index is 747. The van der Waals surface area contributed by atoms with Crippen LogP contribution in [0.25, 0.3) is 0 Å². The average molecular weight is 368 g/mol. The maximum atomic E-state index is 11.0. The number of benzene rings is 1. The molecular weight excluding hydrogens is 340 g/mol. The standard InChI is InChI=1S/C21H28N4O2/c26-18-7-4-12-25(16-18)19-8-11-22-20(23-19)24-13-9-21(27,10-14-24)15-17-5-2-1-3-6-17/h1-3,5-6,8,11,18,26-27H,4,7,9-10,12-16H2. The molecule has 4 rings (SSSR count). The summed E-state index contributed by atoms with van der Waals surface area (Å²) in [5, 5.41) is 20.9. The Labute approximate surface area is 160 Å². The second kappa shape index (κ2) is 7.82. The minimum Gasteiger partial charge on any atom is -0.391 e. The smallest absolute Gasteiger partial charge is 0.227 e. The first-order valence-corrected chi connectivity index (χ1v) is 9.89. The molecule has 1 aromatic carbocycles. The van der Waals surface area contributed by atoms with Crippen LogP contribution in [0, 0.1) is 0 Å². The zero-order valence-corrected chi connectivity index (χ0v) is 15.7. The first kappa shape index (κ1) is 18.2. The lowest BCUT2D eigenvalue weighted by molar-refractivity contribution is 0.0163. The number of piperidine rings is 2. The van der Waals surface area contributed by atoms with E-state index in [-0.39, 0.29) is 6.10 Å². The quantitative estimate of drug-likeness (QED) is 0.860. The van der Waals surface area contributed by atoms with Gasteiger partial charge >= 0.3 is 0 Å². The molecule has 6 heteroatoms. The molecule has 0 saturated carbocycles. The van der Waals surface area contributed by atoms with Crippen molar-refractivity contribution < 1.29 is 10.2 Å². The third kappa shape index (κ3) is 4.39. The minimum atomic E-state index is -0.660. The highest BCUT2D eigenvalue weighted by Crippen LogP contribution is 2.29. The number of anilines is 2. The number of hydrogen-bond donors (Lipinski definition) is 2. The topological polar surface area (TPSA) is 72.7 Å². The van der Waals surface area contributed by atoms with Gasteiger partial charge in [-0.2, -0.15) is 4.98 Å². The van der Waals surface area contributed by atoms with Crippen molar-refractivity contribution in [1.82, 2.24) is 9.97 Å². The summed E-state index contributed by atoms with van der Waals surface area (Å²) in [7, 11) is 0. The maximum absolute atomic E-state index is 11.0. The molecule has 3 heterocycles. The van der Waals surface area contributed by atoms with E-state index in [9.17, 15) is 10.2 Å². The molecule has 1 unspecified atom stereocenters. The van der Waals surface area contributed by atoms with E-state index in [1.165, 1.54) is 5.56 Å². The molecule has 0 aliphatic carbocycles. The Balaban J connectivity index is 1.40. The summed E-state index contributed by atoms with van der Waals surface area (Å²) in [5.41, 5.74) is 0.516. The van der Waals surface area contributed by atoms with Gasteiger partial charge in [0.25, 0.3) is 0 Å². The molecule has 2 fully saturated rings. The van der Waals surface area contributed by atoms with Gasteiger partial charge in [-0.15, -0.1) is 0 Å². The van der Waals surface area contributed by atoms with E-state index in [0.29, 0.717) is 31.8 Å². The van der Waals surface area contributed by atoms with Crippen LogP contribution >= 0.6 is 0 Å². The number of rotatable bonds is 4. The molecule has 2 aromatic rings. The van der Waals surface area contributed by atoms with Crippen LogP contribution in [-0.4, -0.2) is 58.1 Å². The average Bonchev–Trinajstić information content (AvgIpc) is 2.69. The zero-order valence-electron chi connectivity index (χ0n) is 15.7. The molecule has 0 amide bonds. The van der Waals surface area contributed by atoms with Crippen LogP contribution in [-0.2, 0) is 6.42 Å². The Kier molecular flexibility index (Phi) is 5.27. The highest BCUT2D eigenvalue weighted by Gasteiger charge is 2.33. The number of β-amino-alcohol motifs (C(OH)–C–C–N with tert-alkyl or cyclic N) is 1. The number of hydrogen-bond acceptors (Lipinski definition) is 6. The predicted molar refractivity (Wildman–Crippen MR) is 106 cm³/mol. The van der Waals surface area contributed by atoms with Gasteiger partial charge in [-0.1, -0.05) is 30.3 Å². The van der Waals surface area contributed by atoms with Crippen molar-refractivity contribution in [2.45, 2.75) is 43.8 Å². The molecule has 6 nitrogen and oxygen atoms in total. The molecule has 27 heavy (non-hydrogen) atoms. The van der Waals surface area contributed by atoms with Crippen LogP contribution in [0.15, 0.2) is 42.6 Å². The molecule has 1 aromatic heterocycles. The fourth-order valence-electron chi connectivity index (χ4n) is 4.11. The minimum absolute atomic E-state index is 0.278. The van der Waals surface area contributed by atoms with Crippen LogP contribution in [0.5, 0.6) is 0 Å². The number of aromatic nitrogens is 2. The van der Waals surface area contributed by atoms with Crippen molar-refractivity contribution >= 4 is 11.8 Å². The van der Waals surface area contributed by atoms with Crippen LogP contribution in [0.4, 0.5) is 11.8 Å². The van der Waals surface area contributed by atoms with Crippen LogP contribution in [0.2, 0.25) is 0 Å². The van der Waals surface area contributed by atoms with Crippen LogP contribution in [0.1, 0.15) is 31.2 Å². The molecule has 144 valence electrons. The molecule has 2 N–H and O–H groups in total. The van der Waals surface area contributed by atoms with E-state index >= 15 is 0 Å². The lowest BCUT2D eigenvalue weighted by Crippen LogP contribution is -2.46. The summed E-state index contributed by atoms with van der Waals surface area (Å²) in [5.74, 6) is 1.60. The summed E-state index contributed by atoms with van der Waals surface area (Å²) in [6, 6.07) is 12.1. The number of aliphatic hydroxyl groups excluding tert-OH is 1. The summed E-state index contributed by atoms with van der Waals surface area (Å²) >= 11 is 0. The fraction of sp³-hybridized carbons (Fsp3) is 0.524. The maximum Gasteiger partial charge on any atom is 0.227 e. The van der Waals surface area contributed by atoms with Crippen molar-refractivity contribution in [3.8, 4) is 0 Å². The largest absolute Gasteiger partial charge is 0.391 e. The van der Waals surface area contributed by atoms with Gasteiger partial charge in [0, 0.05) is 38.8 Å². The van der Waals surface area contributed by atoms with Crippen LogP contribution in [0.3, 0.4) is 0 Å². The van der Waals surface area contributed by atoms with Crippen molar-refractivity contribution in [1.29, 1.82) is 0 Å². The Morgan fingerprint density at radius 1 is 1.04 bits per heavy atom. The van der Waals surface area contributed by atoms with Gasteiger partial charge in [0.15, 0.2) is 0 Å². The van der Waals surface area contributed by atoms with Crippen molar-refractivity contribution in [3.05, 3.63) is 48.2 Å². The molecule has 2 aliphatic rings. The van der Waals surface area contributed by atoms with Crippen molar-refractivity contribution in [2.24, 2.45) is 0 Å². The molecule has 2 saturated heterocycles. The van der Waals surface area contributed by atoms with Gasteiger partial charge in [-0.05, 0) is 37.3 Å². The highest BCUT2D eigenvalue weighted by molar-refractivity contribution is 5.44. The van der Waals surface area contributed by atoms with E-state index in [4.69, 9.17) is 4.98 Å². The number of aliphatic hydroxyl groups is 2. The molecule has 2 aliphatic heterocycles. The normalized spacial score (nSPS) is 22.7. The third-order valence-electron chi connectivity index (χ3n) is 5.70. The first-order valence-electron chi connectivity index (χ1n) is 9.89. The monoisotopic (exact) mass is 368 g/mol. The SMILES string of the molecule is OC1CCCN(c2ccnc(N3CCC(O)(Cc4ccccc4)CC3)n2)C1. The second-order valence-corrected chi connectivity index (χ2v) is 7.83. The summed E-state index contributed by atoms with van der Waals surface area (Å²) in [6.07, 6.45) is 5.46. The van der Waals surface area contributed by atoms with Gasteiger partial charge in [-0.25, -0.2) is 4.98 Å². The van der Waals surface area contributed by atoms with Crippen LogP contribution < -0.4 is 9.80 Å². The Morgan fingerprint density at radius 3 is 2.56 bits per heavy atom. The fourth-order valence-corrected chi connectivity index (χ4v) is 4.11. The Morgan fingerprint density at radius 2 is 1.81 bits per heavy atom. The summed E-state index contributed by atoms with van der Waals surface area (Å²) in [4.78, 5) is 13.5. The van der Waals surface area contributed by atoms with Gasteiger partial charge in [0.05, 0.1) is 11.7 Å². The summed E-state index contributed by atoms with van der Waals surface area (Å²) < 4.78 is 0. The van der Waals surface area contributed by atoms with E-state index in [2.05, 4.69) is 26.9 Å². The van der Waals surface area contributed by atoms with E-state index in [0.717, 1.165) is 38.3 Å². The van der Waals surface area contributed by atoms with Gasteiger partial charge in [0.1, 0.15) is 5.82 Å². The molecule has 0 spiro atoms.